The first-order valence-corrected chi connectivity index (χ1v) is 9.78. The van der Waals surface area contributed by atoms with Gasteiger partial charge in [0.05, 0.1) is 0 Å². The first-order chi connectivity index (χ1) is 12.6. The molecule has 5 nitrogen and oxygen atoms in total. The van der Waals surface area contributed by atoms with Crippen LogP contribution in [0.5, 0.6) is 0 Å². The van der Waals surface area contributed by atoms with E-state index in [-0.39, 0.29) is 0 Å². The van der Waals surface area contributed by atoms with E-state index in [1.54, 1.807) is 0 Å². The van der Waals surface area contributed by atoms with E-state index in [1.165, 1.54) is 29.7 Å². The van der Waals surface area contributed by atoms with E-state index in [9.17, 15) is 0 Å². The van der Waals surface area contributed by atoms with Crippen molar-refractivity contribution in [3.63, 3.8) is 0 Å². The second-order valence-corrected chi connectivity index (χ2v) is 7.55. The van der Waals surface area contributed by atoms with Crippen molar-refractivity contribution in [2.45, 2.75) is 33.6 Å². The predicted octanol–water partition coefficient (Wildman–Crippen LogP) is 3.33. The molecule has 2 aliphatic rings. The molecule has 5 heteroatoms. The highest BCUT2D eigenvalue weighted by Gasteiger charge is 2.22. The van der Waals surface area contributed by atoms with Crippen molar-refractivity contribution in [1.29, 1.82) is 0 Å². The Morgan fingerprint density at radius 1 is 0.769 bits per heavy atom. The van der Waals surface area contributed by atoms with Crippen LogP contribution in [-0.2, 0) is 0 Å². The molecule has 0 atom stereocenters. The number of benzene rings is 1. The number of hydrogen-bond donors (Lipinski definition) is 0. The first kappa shape index (κ1) is 17.1. The fourth-order valence-electron chi connectivity index (χ4n) is 4.01. The maximum atomic E-state index is 4.89. The van der Waals surface area contributed by atoms with Crippen LogP contribution < -0.4 is 14.7 Å². The Hall–Kier alpha value is -2.30. The number of hydrogen-bond acceptors (Lipinski definition) is 5. The molecule has 0 aliphatic carbocycles. The summed E-state index contributed by atoms with van der Waals surface area (Å²) in [5, 5.41) is 0. The predicted molar refractivity (Wildman–Crippen MR) is 109 cm³/mol. The van der Waals surface area contributed by atoms with Crippen LogP contribution in [0.2, 0.25) is 0 Å². The lowest BCUT2D eigenvalue weighted by atomic mass is 10.1. The summed E-state index contributed by atoms with van der Waals surface area (Å²) in [5.41, 5.74) is 5.21. The lowest BCUT2D eigenvalue weighted by Crippen LogP contribution is -2.47. The summed E-state index contributed by atoms with van der Waals surface area (Å²) in [6, 6.07) is 8.74. The number of piperazine rings is 1. The number of rotatable bonds is 3. The topological polar surface area (TPSA) is 35.5 Å². The zero-order chi connectivity index (χ0) is 18.1. The Balaban J connectivity index is 1.48. The fraction of sp³-hybridized carbons (Fsp3) is 0.524. The normalized spacial score (nSPS) is 17.9. The van der Waals surface area contributed by atoms with Gasteiger partial charge in [-0.05, 0) is 50.8 Å². The van der Waals surface area contributed by atoms with Crippen LogP contribution in [-0.4, -0.2) is 49.2 Å². The van der Waals surface area contributed by atoms with Crippen molar-refractivity contribution in [1.82, 2.24) is 9.97 Å². The second kappa shape index (κ2) is 7.14. The van der Waals surface area contributed by atoms with Crippen LogP contribution in [0.3, 0.4) is 0 Å². The minimum atomic E-state index is 0.912. The highest BCUT2D eigenvalue weighted by molar-refractivity contribution is 5.57. The monoisotopic (exact) mass is 351 g/mol. The molecule has 0 amide bonds. The molecule has 0 bridgehead atoms. The standard InChI is InChI=1S/C21H29N5/c1-16-7-6-8-19(18(16)3)24-11-13-25(14-12-24)20-15-17(2)22-21(23-20)26-9-4-5-10-26/h6-8,15H,4-5,9-14H2,1-3H3. The first-order valence-electron chi connectivity index (χ1n) is 9.78. The molecular formula is C21H29N5. The van der Waals surface area contributed by atoms with Crippen molar-refractivity contribution < 1.29 is 0 Å². The Morgan fingerprint density at radius 2 is 1.46 bits per heavy atom. The number of anilines is 3. The van der Waals surface area contributed by atoms with Gasteiger partial charge in [0.1, 0.15) is 5.82 Å². The van der Waals surface area contributed by atoms with E-state index in [1.807, 2.05) is 0 Å². The second-order valence-electron chi connectivity index (χ2n) is 7.55. The summed E-state index contributed by atoms with van der Waals surface area (Å²) in [6.45, 7) is 12.8. The van der Waals surface area contributed by atoms with Gasteiger partial charge in [-0.2, -0.15) is 4.98 Å². The third-order valence-corrected chi connectivity index (χ3v) is 5.74. The van der Waals surface area contributed by atoms with Gasteiger partial charge in [-0.25, -0.2) is 4.98 Å². The Labute approximate surface area is 156 Å². The van der Waals surface area contributed by atoms with E-state index in [0.717, 1.165) is 56.7 Å². The molecule has 1 aromatic carbocycles. The van der Waals surface area contributed by atoms with Crippen molar-refractivity contribution in [2.24, 2.45) is 0 Å². The minimum Gasteiger partial charge on any atom is -0.368 e. The highest BCUT2D eigenvalue weighted by Crippen LogP contribution is 2.26. The van der Waals surface area contributed by atoms with Gasteiger partial charge in [0.25, 0.3) is 0 Å². The zero-order valence-corrected chi connectivity index (χ0v) is 16.2. The van der Waals surface area contributed by atoms with Gasteiger partial charge in [-0.1, -0.05) is 12.1 Å². The average molecular weight is 351 g/mol. The molecule has 0 radical (unpaired) electrons. The summed E-state index contributed by atoms with van der Waals surface area (Å²) in [5.74, 6) is 1.99. The fourth-order valence-corrected chi connectivity index (χ4v) is 4.01. The summed E-state index contributed by atoms with van der Waals surface area (Å²) in [4.78, 5) is 16.8. The van der Waals surface area contributed by atoms with Gasteiger partial charge in [0.2, 0.25) is 5.95 Å². The molecule has 0 spiro atoms. The van der Waals surface area contributed by atoms with Crippen molar-refractivity contribution >= 4 is 17.5 Å². The maximum absolute atomic E-state index is 4.89. The summed E-state index contributed by atoms with van der Waals surface area (Å²) in [7, 11) is 0. The molecule has 138 valence electrons. The molecule has 3 heterocycles. The van der Waals surface area contributed by atoms with E-state index in [4.69, 9.17) is 4.98 Å². The summed E-state index contributed by atoms with van der Waals surface area (Å²) in [6.07, 6.45) is 2.50. The number of aromatic nitrogens is 2. The van der Waals surface area contributed by atoms with Crippen LogP contribution in [0, 0.1) is 20.8 Å². The lowest BCUT2D eigenvalue weighted by molar-refractivity contribution is 0.644. The minimum absolute atomic E-state index is 0.912. The summed E-state index contributed by atoms with van der Waals surface area (Å²) < 4.78 is 0. The number of aryl methyl sites for hydroxylation is 2. The largest absolute Gasteiger partial charge is 0.368 e. The van der Waals surface area contributed by atoms with Crippen LogP contribution >= 0.6 is 0 Å². The van der Waals surface area contributed by atoms with Crippen molar-refractivity contribution in [3.05, 3.63) is 41.1 Å². The van der Waals surface area contributed by atoms with Gasteiger partial charge >= 0.3 is 0 Å². The van der Waals surface area contributed by atoms with E-state index in [0.29, 0.717) is 0 Å². The van der Waals surface area contributed by atoms with E-state index < -0.39 is 0 Å². The molecular weight excluding hydrogens is 322 g/mol. The van der Waals surface area contributed by atoms with Crippen molar-refractivity contribution in [2.75, 3.05) is 54.0 Å². The van der Waals surface area contributed by atoms with Crippen LogP contribution in [0.1, 0.15) is 29.7 Å². The van der Waals surface area contributed by atoms with Crippen LogP contribution in [0.25, 0.3) is 0 Å². The lowest BCUT2D eigenvalue weighted by Gasteiger charge is -2.37. The molecule has 26 heavy (non-hydrogen) atoms. The van der Waals surface area contributed by atoms with E-state index in [2.05, 4.69) is 64.7 Å². The van der Waals surface area contributed by atoms with Crippen molar-refractivity contribution in [3.8, 4) is 0 Å². The third-order valence-electron chi connectivity index (χ3n) is 5.74. The zero-order valence-electron chi connectivity index (χ0n) is 16.2. The quantitative estimate of drug-likeness (QED) is 0.848. The summed E-state index contributed by atoms with van der Waals surface area (Å²) >= 11 is 0. The third kappa shape index (κ3) is 3.35. The van der Waals surface area contributed by atoms with E-state index >= 15 is 0 Å². The Morgan fingerprint density at radius 3 is 2.19 bits per heavy atom. The SMILES string of the molecule is Cc1cc(N2CCN(c3cccc(C)c3C)CC2)nc(N2CCCC2)n1. The Bertz CT molecular complexity index is 774. The van der Waals surface area contributed by atoms with Gasteiger partial charge in [-0.15, -0.1) is 0 Å². The van der Waals surface area contributed by atoms with Crippen LogP contribution in [0.15, 0.2) is 24.3 Å². The molecule has 2 saturated heterocycles. The van der Waals surface area contributed by atoms with Crippen LogP contribution in [0.4, 0.5) is 17.5 Å². The Kier molecular flexibility index (Phi) is 4.70. The molecule has 0 N–H and O–H groups in total. The highest BCUT2D eigenvalue weighted by atomic mass is 15.3. The smallest absolute Gasteiger partial charge is 0.227 e. The molecule has 2 fully saturated rings. The molecule has 2 aliphatic heterocycles. The van der Waals surface area contributed by atoms with Gasteiger partial charge < -0.3 is 14.7 Å². The van der Waals surface area contributed by atoms with Gasteiger partial charge in [0, 0.05) is 56.7 Å². The molecule has 1 aromatic heterocycles. The molecule has 4 rings (SSSR count). The molecule has 0 unspecified atom stereocenters. The van der Waals surface area contributed by atoms with Gasteiger partial charge in [-0.3, -0.25) is 0 Å². The number of nitrogens with zero attached hydrogens (tertiary/aromatic N) is 5. The molecule has 2 aromatic rings. The molecule has 0 saturated carbocycles. The van der Waals surface area contributed by atoms with Gasteiger partial charge in [0.15, 0.2) is 0 Å². The maximum Gasteiger partial charge on any atom is 0.227 e. The average Bonchev–Trinajstić information content (AvgIpc) is 3.19.